The van der Waals surface area contributed by atoms with E-state index in [4.69, 9.17) is 4.74 Å². The molecule has 2 aliphatic heterocycles. The number of methoxy groups -OCH3 is 1. The summed E-state index contributed by atoms with van der Waals surface area (Å²) in [5, 5.41) is 3.55. The number of benzene rings is 1. The molecule has 0 spiro atoms. The van der Waals surface area contributed by atoms with E-state index < -0.39 is 10.0 Å². The quantitative estimate of drug-likeness (QED) is 0.919. The number of hydrogen-bond donors (Lipinski definition) is 1. The molecule has 0 aromatic heterocycles. The number of rotatable bonds is 4. The topological polar surface area (TPSA) is 58.6 Å². The molecule has 0 amide bonds. The van der Waals surface area contributed by atoms with Gasteiger partial charge in [0.1, 0.15) is 10.6 Å². The Kier molecular flexibility index (Phi) is 4.18. The second-order valence-electron chi connectivity index (χ2n) is 6.44. The summed E-state index contributed by atoms with van der Waals surface area (Å²) in [5.74, 6) is 0.411. The van der Waals surface area contributed by atoms with E-state index in [0.29, 0.717) is 17.8 Å². The summed E-state index contributed by atoms with van der Waals surface area (Å²) in [4.78, 5) is 0.267. The molecule has 0 radical (unpaired) electrons. The minimum atomic E-state index is -3.54. The molecule has 2 heterocycles. The van der Waals surface area contributed by atoms with Gasteiger partial charge in [-0.1, -0.05) is 6.07 Å². The normalized spacial score (nSPS) is 28.1. The number of ether oxygens (including phenoxy) is 1. The van der Waals surface area contributed by atoms with Crippen molar-refractivity contribution in [2.75, 3.05) is 14.2 Å². The minimum absolute atomic E-state index is 0.0639. The van der Waals surface area contributed by atoms with Crippen molar-refractivity contribution in [1.82, 2.24) is 9.62 Å². The van der Waals surface area contributed by atoms with Crippen LogP contribution in [0.15, 0.2) is 23.1 Å². The zero-order valence-electron chi connectivity index (χ0n) is 13.4. The molecule has 0 saturated carbocycles. The predicted octanol–water partition coefficient (Wildman–Crippen LogP) is 1.91. The van der Waals surface area contributed by atoms with Gasteiger partial charge in [0.05, 0.1) is 7.11 Å². The first-order valence-corrected chi connectivity index (χ1v) is 9.24. The minimum Gasteiger partial charge on any atom is -0.495 e. The van der Waals surface area contributed by atoms with E-state index in [1.165, 1.54) is 7.11 Å². The number of piperidine rings is 1. The van der Waals surface area contributed by atoms with Gasteiger partial charge in [0, 0.05) is 25.2 Å². The first-order valence-electron chi connectivity index (χ1n) is 7.80. The fourth-order valence-corrected chi connectivity index (χ4v) is 5.28. The lowest BCUT2D eigenvalue weighted by atomic mass is 10.0. The second-order valence-corrected chi connectivity index (χ2v) is 8.40. The van der Waals surface area contributed by atoms with Gasteiger partial charge in [-0.05, 0) is 50.3 Å². The average Bonchev–Trinajstić information content (AvgIpc) is 2.84. The number of hydrogen-bond acceptors (Lipinski definition) is 4. The Hall–Kier alpha value is -1.11. The second kappa shape index (κ2) is 5.83. The highest BCUT2D eigenvalue weighted by Gasteiger charge is 2.39. The largest absolute Gasteiger partial charge is 0.495 e. The molecule has 2 atom stereocenters. The fraction of sp³-hybridized carbons (Fsp3) is 0.625. The average molecular weight is 324 g/mol. The van der Waals surface area contributed by atoms with Crippen LogP contribution in [-0.4, -0.2) is 45.0 Å². The van der Waals surface area contributed by atoms with E-state index in [0.717, 1.165) is 31.2 Å². The maximum atomic E-state index is 13.0. The van der Waals surface area contributed by atoms with E-state index in [2.05, 4.69) is 5.32 Å². The third-order valence-corrected chi connectivity index (χ3v) is 6.87. The van der Waals surface area contributed by atoms with Crippen LogP contribution in [0.1, 0.15) is 31.2 Å². The highest BCUT2D eigenvalue weighted by atomic mass is 32.2. The van der Waals surface area contributed by atoms with E-state index in [1.807, 2.05) is 13.0 Å². The van der Waals surface area contributed by atoms with Crippen LogP contribution in [-0.2, 0) is 10.0 Å². The van der Waals surface area contributed by atoms with Crippen molar-refractivity contribution in [1.29, 1.82) is 0 Å². The van der Waals surface area contributed by atoms with Gasteiger partial charge >= 0.3 is 0 Å². The number of sulfonamides is 1. The molecule has 1 N–H and O–H groups in total. The van der Waals surface area contributed by atoms with Crippen LogP contribution in [0.5, 0.6) is 5.75 Å². The summed E-state index contributed by atoms with van der Waals surface area (Å²) in [6, 6.07) is 6.26. The first-order chi connectivity index (χ1) is 10.4. The summed E-state index contributed by atoms with van der Waals surface area (Å²) >= 11 is 0. The zero-order chi connectivity index (χ0) is 15.9. The number of fused-ring (bicyclic) bond motifs is 2. The van der Waals surface area contributed by atoms with Crippen LogP contribution in [0.25, 0.3) is 0 Å². The standard InChI is InChI=1S/C16H24N2O3S/c1-11-4-7-15(21-3)16(8-11)22(19,20)18(2)14-9-12-5-6-13(10-14)17-12/h4,7-8,12-14,17H,5-6,9-10H2,1-3H3. The number of aryl methyl sites for hydroxylation is 1. The Labute approximate surface area is 132 Å². The number of nitrogens with one attached hydrogen (secondary N) is 1. The Bertz CT molecular complexity index is 647. The van der Waals surface area contributed by atoms with Gasteiger partial charge in [-0.25, -0.2) is 8.42 Å². The molecule has 1 aromatic carbocycles. The molecule has 2 bridgehead atoms. The zero-order valence-corrected chi connectivity index (χ0v) is 14.2. The fourth-order valence-electron chi connectivity index (χ4n) is 3.66. The number of nitrogens with zero attached hydrogens (tertiary/aromatic N) is 1. The van der Waals surface area contributed by atoms with Crippen molar-refractivity contribution in [3.05, 3.63) is 23.8 Å². The van der Waals surface area contributed by atoms with Crippen molar-refractivity contribution in [3.63, 3.8) is 0 Å². The van der Waals surface area contributed by atoms with Crippen LogP contribution < -0.4 is 10.1 Å². The van der Waals surface area contributed by atoms with E-state index >= 15 is 0 Å². The molecule has 2 unspecified atom stereocenters. The molecule has 2 fully saturated rings. The van der Waals surface area contributed by atoms with E-state index in [9.17, 15) is 8.42 Å². The molecule has 3 rings (SSSR count). The molecule has 5 nitrogen and oxygen atoms in total. The smallest absolute Gasteiger partial charge is 0.246 e. The van der Waals surface area contributed by atoms with Crippen molar-refractivity contribution in [3.8, 4) is 5.75 Å². The van der Waals surface area contributed by atoms with Crippen molar-refractivity contribution in [2.45, 2.75) is 55.6 Å². The van der Waals surface area contributed by atoms with Crippen molar-refractivity contribution >= 4 is 10.0 Å². The highest BCUT2D eigenvalue weighted by molar-refractivity contribution is 7.89. The summed E-state index contributed by atoms with van der Waals surface area (Å²) in [7, 11) is -0.333. The monoisotopic (exact) mass is 324 g/mol. The lowest BCUT2D eigenvalue weighted by Gasteiger charge is -2.35. The third-order valence-electron chi connectivity index (χ3n) is 4.94. The summed E-state index contributed by atoms with van der Waals surface area (Å²) in [6.07, 6.45) is 4.09. The Balaban J connectivity index is 1.90. The Morgan fingerprint density at radius 3 is 2.45 bits per heavy atom. The molecule has 6 heteroatoms. The summed E-state index contributed by atoms with van der Waals surface area (Å²) < 4.78 is 32.9. The van der Waals surface area contributed by atoms with Gasteiger partial charge < -0.3 is 10.1 Å². The van der Waals surface area contributed by atoms with Crippen LogP contribution in [0.2, 0.25) is 0 Å². The van der Waals surface area contributed by atoms with Gasteiger partial charge in [-0.3, -0.25) is 0 Å². The maximum absolute atomic E-state index is 13.0. The summed E-state index contributed by atoms with van der Waals surface area (Å²) in [6.45, 7) is 1.89. The maximum Gasteiger partial charge on any atom is 0.246 e. The van der Waals surface area contributed by atoms with Gasteiger partial charge in [-0.15, -0.1) is 0 Å². The van der Waals surface area contributed by atoms with Gasteiger partial charge in [0.25, 0.3) is 0 Å². The summed E-state index contributed by atoms with van der Waals surface area (Å²) in [5.41, 5.74) is 0.915. The van der Waals surface area contributed by atoms with Crippen LogP contribution in [0, 0.1) is 6.92 Å². The third kappa shape index (κ3) is 2.75. The SMILES string of the molecule is COc1ccc(C)cc1S(=O)(=O)N(C)C1CC2CCC(C1)N2. The van der Waals surface area contributed by atoms with Crippen molar-refractivity contribution < 1.29 is 13.2 Å². The van der Waals surface area contributed by atoms with E-state index in [-0.39, 0.29) is 10.9 Å². The van der Waals surface area contributed by atoms with Gasteiger partial charge in [0.15, 0.2) is 0 Å². The molecule has 22 heavy (non-hydrogen) atoms. The van der Waals surface area contributed by atoms with Crippen LogP contribution in [0.3, 0.4) is 0 Å². The Morgan fingerprint density at radius 1 is 1.23 bits per heavy atom. The van der Waals surface area contributed by atoms with E-state index in [1.54, 1.807) is 23.5 Å². The first kappa shape index (κ1) is 15.8. The molecule has 2 aliphatic rings. The molecular formula is C16H24N2O3S. The predicted molar refractivity (Wildman–Crippen MR) is 85.6 cm³/mol. The lowest BCUT2D eigenvalue weighted by Crippen LogP contribution is -2.48. The highest BCUT2D eigenvalue weighted by Crippen LogP contribution is 2.34. The Morgan fingerprint density at radius 2 is 1.86 bits per heavy atom. The van der Waals surface area contributed by atoms with Gasteiger partial charge in [-0.2, -0.15) is 4.31 Å². The lowest BCUT2D eigenvalue weighted by molar-refractivity contribution is 0.251. The van der Waals surface area contributed by atoms with Crippen molar-refractivity contribution in [2.24, 2.45) is 0 Å². The molecule has 2 saturated heterocycles. The molecule has 122 valence electrons. The molecular weight excluding hydrogens is 300 g/mol. The molecule has 0 aliphatic carbocycles. The molecule has 1 aromatic rings. The van der Waals surface area contributed by atoms with Gasteiger partial charge in [0.2, 0.25) is 10.0 Å². The van der Waals surface area contributed by atoms with Crippen LogP contribution in [0.4, 0.5) is 0 Å². The van der Waals surface area contributed by atoms with Crippen LogP contribution >= 0.6 is 0 Å².